The molecule has 0 aromatic rings. The van der Waals surface area contributed by atoms with E-state index in [1.807, 2.05) is 0 Å². The molecule has 0 aliphatic heterocycles. The van der Waals surface area contributed by atoms with E-state index in [4.69, 9.17) is 0 Å². The Kier molecular flexibility index (Phi) is 15.9. The lowest BCUT2D eigenvalue weighted by atomic mass is 9.90. The third-order valence-electron chi connectivity index (χ3n) is 4.85. The first-order valence-corrected chi connectivity index (χ1v) is 10.3. The normalized spacial score (nSPS) is 12.6. The minimum absolute atomic E-state index is 0.519. The van der Waals surface area contributed by atoms with E-state index < -0.39 is 0 Å². The van der Waals surface area contributed by atoms with E-state index in [-0.39, 0.29) is 0 Å². The molecular formula is C22H42O. The standard InChI is InChI=1S/C22H42O/c1-5-7-9-11-13-15-17-21(19-23)22(20(3)4)18-16-14-12-10-8-6-2/h19-20H,5-18H2,1-4H3. The van der Waals surface area contributed by atoms with Gasteiger partial charge in [0.25, 0.3) is 0 Å². The van der Waals surface area contributed by atoms with Crippen LogP contribution in [0.3, 0.4) is 0 Å². The summed E-state index contributed by atoms with van der Waals surface area (Å²) in [6.45, 7) is 9.01. The van der Waals surface area contributed by atoms with Crippen molar-refractivity contribution in [1.29, 1.82) is 0 Å². The topological polar surface area (TPSA) is 17.1 Å². The van der Waals surface area contributed by atoms with Crippen molar-refractivity contribution in [3.8, 4) is 0 Å². The molecule has 0 atom stereocenters. The maximum atomic E-state index is 11.5. The van der Waals surface area contributed by atoms with Gasteiger partial charge < -0.3 is 0 Å². The van der Waals surface area contributed by atoms with Crippen molar-refractivity contribution in [3.63, 3.8) is 0 Å². The van der Waals surface area contributed by atoms with E-state index >= 15 is 0 Å². The molecule has 1 nitrogen and oxygen atoms in total. The molecule has 0 aromatic heterocycles. The highest BCUT2D eigenvalue weighted by Crippen LogP contribution is 2.24. The minimum Gasteiger partial charge on any atom is -0.298 e. The molecule has 136 valence electrons. The number of carbonyl (C=O) groups excluding carboxylic acids is 1. The van der Waals surface area contributed by atoms with Crippen LogP contribution in [-0.4, -0.2) is 6.29 Å². The fraction of sp³-hybridized carbons (Fsp3) is 0.864. The van der Waals surface area contributed by atoms with Gasteiger partial charge in [-0.2, -0.15) is 0 Å². The monoisotopic (exact) mass is 322 g/mol. The lowest BCUT2D eigenvalue weighted by molar-refractivity contribution is -0.105. The highest BCUT2D eigenvalue weighted by atomic mass is 16.1. The van der Waals surface area contributed by atoms with Crippen molar-refractivity contribution in [2.24, 2.45) is 5.92 Å². The molecule has 0 spiro atoms. The Bertz CT molecular complexity index is 301. The first kappa shape index (κ1) is 22.4. The Morgan fingerprint density at radius 3 is 1.57 bits per heavy atom. The Morgan fingerprint density at radius 1 is 0.696 bits per heavy atom. The summed E-state index contributed by atoms with van der Waals surface area (Å²) >= 11 is 0. The van der Waals surface area contributed by atoms with Gasteiger partial charge in [-0.3, -0.25) is 4.79 Å². The summed E-state index contributed by atoms with van der Waals surface area (Å²) in [4.78, 5) is 11.5. The van der Waals surface area contributed by atoms with Gasteiger partial charge in [-0.25, -0.2) is 0 Å². The van der Waals surface area contributed by atoms with Gasteiger partial charge in [0, 0.05) is 0 Å². The number of hydrogen-bond acceptors (Lipinski definition) is 1. The van der Waals surface area contributed by atoms with Crippen molar-refractivity contribution in [3.05, 3.63) is 11.1 Å². The van der Waals surface area contributed by atoms with Crippen LogP contribution in [0.25, 0.3) is 0 Å². The number of carbonyl (C=O) groups is 1. The van der Waals surface area contributed by atoms with Crippen molar-refractivity contribution in [2.45, 2.75) is 118 Å². The number of allylic oxidation sites excluding steroid dienone is 2. The van der Waals surface area contributed by atoms with Crippen LogP contribution in [0.1, 0.15) is 118 Å². The number of aldehydes is 1. The lowest BCUT2D eigenvalue weighted by Crippen LogP contribution is -2.02. The Hall–Kier alpha value is -0.590. The van der Waals surface area contributed by atoms with Crippen LogP contribution in [0.2, 0.25) is 0 Å². The van der Waals surface area contributed by atoms with Crippen LogP contribution in [-0.2, 0) is 4.79 Å². The molecule has 0 heterocycles. The summed E-state index contributed by atoms with van der Waals surface area (Å²) in [5.41, 5.74) is 2.55. The molecule has 0 aliphatic rings. The molecular weight excluding hydrogens is 280 g/mol. The van der Waals surface area contributed by atoms with Crippen LogP contribution in [0, 0.1) is 5.92 Å². The van der Waals surface area contributed by atoms with Gasteiger partial charge >= 0.3 is 0 Å². The summed E-state index contributed by atoms with van der Waals surface area (Å²) in [5.74, 6) is 0.519. The van der Waals surface area contributed by atoms with Gasteiger partial charge in [-0.1, -0.05) is 97.5 Å². The fourth-order valence-electron chi connectivity index (χ4n) is 3.31. The lowest BCUT2D eigenvalue weighted by Gasteiger charge is -2.15. The van der Waals surface area contributed by atoms with Crippen molar-refractivity contribution in [2.75, 3.05) is 0 Å². The van der Waals surface area contributed by atoms with Crippen LogP contribution in [0.15, 0.2) is 11.1 Å². The van der Waals surface area contributed by atoms with E-state index in [0.717, 1.165) is 24.7 Å². The zero-order valence-corrected chi connectivity index (χ0v) is 16.5. The maximum Gasteiger partial charge on any atom is 0.145 e. The molecule has 0 N–H and O–H groups in total. The summed E-state index contributed by atoms with van der Waals surface area (Å²) in [6.07, 6.45) is 19.1. The molecule has 1 heteroatoms. The summed E-state index contributed by atoms with van der Waals surface area (Å²) in [7, 11) is 0. The predicted molar refractivity (Wildman–Crippen MR) is 104 cm³/mol. The fourth-order valence-corrected chi connectivity index (χ4v) is 3.31. The SMILES string of the molecule is CCCCCCCCC(C=O)=C(CCCCCCCC)C(C)C. The first-order valence-electron chi connectivity index (χ1n) is 10.3. The summed E-state index contributed by atoms with van der Waals surface area (Å²) in [5, 5.41) is 0. The Balaban J connectivity index is 4.18. The van der Waals surface area contributed by atoms with Crippen molar-refractivity contribution < 1.29 is 4.79 Å². The molecule has 0 bridgehead atoms. The average Bonchev–Trinajstić information content (AvgIpc) is 2.54. The second kappa shape index (κ2) is 16.3. The largest absolute Gasteiger partial charge is 0.298 e. The highest BCUT2D eigenvalue weighted by Gasteiger charge is 2.10. The van der Waals surface area contributed by atoms with Crippen molar-refractivity contribution in [1.82, 2.24) is 0 Å². The quantitative estimate of drug-likeness (QED) is 0.162. The van der Waals surface area contributed by atoms with Gasteiger partial charge in [0.1, 0.15) is 6.29 Å². The van der Waals surface area contributed by atoms with Crippen molar-refractivity contribution >= 4 is 6.29 Å². The molecule has 0 aliphatic carbocycles. The second-order valence-electron chi connectivity index (χ2n) is 7.36. The molecule has 0 fully saturated rings. The summed E-state index contributed by atoms with van der Waals surface area (Å²) in [6, 6.07) is 0. The molecule has 0 saturated heterocycles. The van der Waals surface area contributed by atoms with E-state index in [2.05, 4.69) is 27.7 Å². The van der Waals surface area contributed by atoms with E-state index in [9.17, 15) is 4.79 Å². The zero-order valence-electron chi connectivity index (χ0n) is 16.5. The number of hydrogen-bond donors (Lipinski definition) is 0. The highest BCUT2D eigenvalue weighted by molar-refractivity contribution is 5.74. The van der Waals surface area contributed by atoms with Crippen LogP contribution in [0.4, 0.5) is 0 Å². The van der Waals surface area contributed by atoms with Gasteiger partial charge in [0.05, 0.1) is 0 Å². The molecule has 0 radical (unpaired) electrons. The molecule has 0 aromatic carbocycles. The molecule has 0 amide bonds. The molecule has 23 heavy (non-hydrogen) atoms. The molecule has 0 unspecified atom stereocenters. The van der Waals surface area contributed by atoms with Crippen LogP contribution >= 0.6 is 0 Å². The Morgan fingerprint density at radius 2 is 1.13 bits per heavy atom. The van der Waals surface area contributed by atoms with E-state index in [1.54, 1.807) is 0 Å². The van der Waals surface area contributed by atoms with Gasteiger partial charge in [0.15, 0.2) is 0 Å². The van der Waals surface area contributed by atoms with E-state index in [1.165, 1.54) is 82.6 Å². The smallest absolute Gasteiger partial charge is 0.145 e. The summed E-state index contributed by atoms with van der Waals surface area (Å²) < 4.78 is 0. The second-order valence-corrected chi connectivity index (χ2v) is 7.36. The Labute approximate surface area is 146 Å². The number of rotatable bonds is 16. The van der Waals surface area contributed by atoms with Gasteiger partial charge in [0.2, 0.25) is 0 Å². The average molecular weight is 323 g/mol. The van der Waals surface area contributed by atoms with Crippen LogP contribution in [0.5, 0.6) is 0 Å². The van der Waals surface area contributed by atoms with Gasteiger partial charge in [-0.15, -0.1) is 0 Å². The molecule has 0 rings (SSSR count). The number of unbranched alkanes of at least 4 members (excludes halogenated alkanes) is 10. The van der Waals surface area contributed by atoms with Crippen LogP contribution < -0.4 is 0 Å². The third kappa shape index (κ3) is 12.5. The first-order chi connectivity index (χ1) is 11.2. The van der Waals surface area contributed by atoms with Gasteiger partial charge in [-0.05, 0) is 37.2 Å². The predicted octanol–water partition coefficient (Wildman–Crippen LogP) is 7.64. The zero-order chi connectivity index (χ0) is 17.3. The maximum absolute atomic E-state index is 11.5. The van der Waals surface area contributed by atoms with E-state index in [0.29, 0.717) is 5.92 Å². The minimum atomic E-state index is 0.519. The third-order valence-corrected chi connectivity index (χ3v) is 4.85. The molecule has 0 saturated carbocycles.